The van der Waals surface area contributed by atoms with Crippen LogP contribution in [0.5, 0.6) is 0 Å². The monoisotopic (exact) mass is 244 g/mol. The van der Waals surface area contributed by atoms with Crippen LogP contribution in [-0.2, 0) is 6.54 Å². The van der Waals surface area contributed by atoms with Crippen molar-refractivity contribution in [3.8, 4) is 0 Å². The second-order valence-corrected chi connectivity index (χ2v) is 3.74. The zero-order valence-electron chi connectivity index (χ0n) is 10.2. The van der Waals surface area contributed by atoms with Crippen LogP contribution in [0.15, 0.2) is 30.6 Å². The second kappa shape index (κ2) is 5.81. The van der Waals surface area contributed by atoms with Crippen molar-refractivity contribution in [2.75, 3.05) is 22.9 Å². The summed E-state index contributed by atoms with van der Waals surface area (Å²) in [4.78, 5) is 12.2. The minimum atomic E-state index is 0.255. The first-order valence-corrected chi connectivity index (χ1v) is 5.79. The van der Waals surface area contributed by atoms with Gasteiger partial charge in [0.25, 0.3) is 0 Å². The number of nitrogens with two attached hydrogens (primary N) is 1. The van der Waals surface area contributed by atoms with Crippen molar-refractivity contribution in [1.29, 1.82) is 0 Å². The Kier molecular flexibility index (Phi) is 3.90. The number of anilines is 3. The van der Waals surface area contributed by atoms with E-state index in [9.17, 15) is 0 Å². The molecule has 6 nitrogen and oxygen atoms in total. The third-order valence-corrected chi connectivity index (χ3v) is 2.32. The summed E-state index contributed by atoms with van der Waals surface area (Å²) >= 11 is 0. The molecule has 0 fully saturated rings. The first-order chi connectivity index (χ1) is 8.78. The first kappa shape index (κ1) is 12.1. The molecular formula is C12H16N6. The maximum atomic E-state index is 5.65. The van der Waals surface area contributed by atoms with Crippen LogP contribution in [0.2, 0.25) is 0 Å². The summed E-state index contributed by atoms with van der Waals surface area (Å²) in [5, 5.41) is 6.31. The summed E-state index contributed by atoms with van der Waals surface area (Å²) in [7, 11) is 0. The summed E-state index contributed by atoms with van der Waals surface area (Å²) in [6, 6.07) is 5.73. The van der Waals surface area contributed by atoms with Crippen LogP contribution in [-0.4, -0.2) is 21.5 Å². The maximum Gasteiger partial charge on any atom is 0.223 e. The van der Waals surface area contributed by atoms with Crippen LogP contribution in [0.3, 0.4) is 0 Å². The molecule has 0 bridgehead atoms. The number of nitrogens with zero attached hydrogens (tertiary/aromatic N) is 3. The van der Waals surface area contributed by atoms with Gasteiger partial charge in [-0.2, -0.15) is 9.97 Å². The largest absolute Gasteiger partial charge is 0.370 e. The quantitative estimate of drug-likeness (QED) is 0.738. The fraction of sp³-hybridized carbons (Fsp3) is 0.250. The van der Waals surface area contributed by atoms with E-state index in [1.54, 1.807) is 12.4 Å². The Morgan fingerprint density at radius 3 is 2.44 bits per heavy atom. The Morgan fingerprint density at radius 1 is 1.11 bits per heavy atom. The summed E-state index contributed by atoms with van der Waals surface area (Å²) in [6.07, 6.45) is 3.52. The van der Waals surface area contributed by atoms with Crippen LogP contribution in [0.1, 0.15) is 12.5 Å². The van der Waals surface area contributed by atoms with Crippen LogP contribution < -0.4 is 16.4 Å². The number of rotatable bonds is 5. The van der Waals surface area contributed by atoms with E-state index in [0.29, 0.717) is 12.4 Å². The third-order valence-electron chi connectivity index (χ3n) is 2.32. The van der Waals surface area contributed by atoms with E-state index >= 15 is 0 Å². The molecule has 0 aliphatic rings. The molecule has 2 aromatic rings. The van der Waals surface area contributed by atoms with E-state index in [1.165, 1.54) is 0 Å². The second-order valence-electron chi connectivity index (χ2n) is 3.74. The average molecular weight is 244 g/mol. The molecule has 4 N–H and O–H groups in total. The highest BCUT2D eigenvalue weighted by atomic mass is 15.1. The lowest BCUT2D eigenvalue weighted by Crippen LogP contribution is -2.07. The highest BCUT2D eigenvalue weighted by Crippen LogP contribution is 2.13. The van der Waals surface area contributed by atoms with Crippen LogP contribution in [0.4, 0.5) is 17.6 Å². The SMILES string of the molecule is CCNc1cc(NCc2ccncc2)nc(N)n1. The van der Waals surface area contributed by atoms with Gasteiger partial charge >= 0.3 is 0 Å². The number of pyridine rings is 1. The Morgan fingerprint density at radius 2 is 1.78 bits per heavy atom. The zero-order chi connectivity index (χ0) is 12.8. The highest BCUT2D eigenvalue weighted by molar-refractivity contribution is 5.51. The van der Waals surface area contributed by atoms with E-state index < -0.39 is 0 Å². The molecule has 0 amide bonds. The lowest BCUT2D eigenvalue weighted by Gasteiger charge is -2.08. The number of hydrogen-bond acceptors (Lipinski definition) is 6. The molecular weight excluding hydrogens is 228 g/mol. The molecule has 2 rings (SSSR count). The zero-order valence-corrected chi connectivity index (χ0v) is 10.2. The number of hydrogen-bond donors (Lipinski definition) is 3. The minimum Gasteiger partial charge on any atom is -0.370 e. The minimum absolute atomic E-state index is 0.255. The molecule has 0 saturated heterocycles. The Labute approximate surface area is 106 Å². The molecule has 2 heterocycles. The Hall–Kier alpha value is -2.37. The molecule has 6 heteroatoms. The van der Waals surface area contributed by atoms with Gasteiger partial charge in [-0.3, -0.25) is 4.98 Å². The van der Waals surface area contributed by atoms with Crippen LogP contribution >= 0.6 is 0 Å². The van der Waals surface area contributed by atoms with Crippen molar-refractivity contribution in [2.24, 2.45) is 0 Å². The fourth-order valence-electron chi connectivity index (χ4n) is 1.52. The lowest BCUT2D eigenvalue weighted by molar-refractivity contribution is 1.07. The fourth-order valence-corrected chi connectivity index (χ4v) is 1.52. The van der Waals surface area contributed by atoms with Crippen molar-refractivity contribution in [1.82, 2.24) is 15.0 Å². The van der Waals surface area contributed by atoms with E-state index in [2.05, 4.69) is 25.6 Å². The first-order valence-electron chi connectivity index (χ1n) is 5.79. The summed E-state index contributed by atoms with van der Waals surface area (Å²) in [5.41, 5.74) is 6.78. The van der Waals surface area contributed by atoms with Gasteiger partial charge in [-0.15, -0.1) is 0 Å². The molecule has 94 valence electrons. The highest BCUT2D eigenvalue weighted by Gasteiger charge is 2.01. The molecule has 0 aliphatic heterocycles. The molecule has 0 aliphatic carbocycles. The van der Waals surface area contributed by atoms with Gasteiger partial charge in [-0.1, -0.05) is 0 Å². The molecule has 0 atom stereocenters. The van der Waals surface area contributed by atoms with Crippen molar-refractivity contribution in [3.05, 3.63) is 36.2 Å². The number of nitrogens with one attached hydrogen (secondary N) is 2. The van der Waals surface area contributed by atoms with Gasteiger partial charge in [0, 0.05) is 31.5 Å². The maximum absolute atomic E-state index is 5.65. The molecule has 0 radical (unpaired) electrons. The summed E-state index contributed by atoms with van der Waals surface area (Å²) in [6.45, 7) is 3.47. The molecule has 18 heavy (non-hydrogen) atoms. The van der Waals surface area contributed by atoms with E-state index in [1.807, 2.05) is 25.1 Å². The van der Waals surface area contributed by atoms with Crippen molar-refractivity contribution >= 4 is 17.6 Å². The Balaban J connectivity index is 2.05. The van der Waals surface area contributed by atoms with E-state index in [4.69, 9.17) is 5.73 Å². The van der Waals surface area contributed by atoms with Gasteiger partial charge in [-0.25, -0.2) is 0 Å². The normalized spacial score (nSPS) is 10.1. The van der Waals surface area contributed by atoms with E-state index in [-0.39, 0.29) is 5.95 Å². The molecule has 0 spiro atoms. The topological polar surface area (TPSA) is 88.8 Å². The van der Waals surface area contributed by atoms with Crippen molar-refractivity contribution in [2.45, 2.75) is 13.5 Å². The van der Waals surface area contributed by atoms with Crippen molar-refractivity contribution in [3.63, 3.8) is 0 Å². The van der Waals surface area contributed by atoms with Crippen LogP contribution in [0, 0.1) is 0 Å². The average Bonchev–Trinajstić information content (AvgIpc) is 2.37. The molecule has 0 unspecified atom stereocenters. The standard InChI is InChI=1S/C12H16N6/c1-2-15-10-7-11(18-12(13)17-10)16-8-9-3-5-14-6-4-9/h3-7H,2,8H2,1H3,(H4,13,15,16,17,18). The molecule has 0 aromatic carbocycles. The number of nitrogen functional groups attached to an aromatic ring is 1. The molecule has 0 saturated carbocycles. The van der Waals surface area contributed by atoms with Gasteiger partial charge < -0.3 is 16.4 Å². The third kappa shape index (κ3) is 3.31. The summed E-state index contributed by atoms with van der Waals surface area (Å²) < 4.78 is 0. The van der Waals surface area contributed by atoms with Crippen LogP contribution in [0.25, 0.3) is 0 Å². The van der Waals surface area contributed by atoms with Gasteiger partial charge in [0.2, 0.25) is 5.95 Å². The predicted molar refractivity (Wildman–Crippen MR) is 72.2 cm³/mol. The smallest absolute Gasteiger partial charge is 0.223 e. The predicted octanol–water partition coefficient (Wildman–Crippen LogP) is 1.50. The lowest BCUT2D eigenvalue weighted by atomic mass is 10.3. The van der Waals surface area contributed by atoms with Crippen molar-refractivity contribution < 1.29 is 0 Å². The molecule has 2 aromatic heterocycles. The van der Waals surface area contributed by atoms with Gasteiger partial charge in [0.1, 0.15) is 11.6 Å². The van der Waals surface area contributed by atoms with E-state index in [0.717, 1.165) is 17.9 Å². The van der Waals surface area contributed by atoms with Gasteiger partial charge in [0.05, 0.1) is 0 Å². The van der Waals surface area contributed by atoms with Gasteiger partial charge in [-0.05, 0) is 24.6 Å². The Bertz CT molecular complexity index is 499. The number of aromatic nitrogens is 3. The summed E-state index contributed by atoms with van der Waals surface area (Å²) in [5.74, 6) is 1.68. The van der Waals surface area contributed by atoms with Gasteiger partial charge in [0.15, 0.2) is 0 Å².